The highest BCUT2D eigenvalue weighted by atomic mass is 16.5. The van der Waals surface area contributed by atoms with Crippen molar-refractivity contribution in [3.8, 4) is 11.1 Å². The smallest absolute Gasteiger partial charge is 0.0888 e. The minimum Gasteiger partial charge on any atom is -0.405 e. The molecule has 2 aromatic heterocycles. The van der Waals surface area contributed by atoms with Gasteiger partial charge in [-0.3, -0.25) is 9.67 Å². The molecule has 0 fully saturated rings. The van der Waals surface area contributed by atoms with Gasteiger partial charge in [-0.25, -0.2) is 0 Å². The second kappa shape index (κ2) is 10.0. The lowest BCUT2D eigenvalue weighted by molar-refractivity contribution is 0.0796. The molecule has 1 aliphatic heterocycles. The fourth-order valence-corrected chi connectivity index (χ4v) is 4.62. The molecule has 3 aromatic rings. The lowest BCUT2D eigenvalue weighted by atomic mass is 9.92. The summed E-state index contributed by atoms with van der Waals surface area (Å²) < 4.78 is 7.29. The second-order valence-electron chi connectivity index (χ2n) is 8.72. The average Bonchev–Trinajstić information content (AvgIpc) is 3.41. The minimum absolute atomic E-state index is 0. The van der Waals surface area contributed by atoms with Crippen LogP contribution in [0.25, 0.3) is 17.2 Å². The Labute approximate surface area is 199 Å². The molecule has 5 rings (SSSR count). The predicted molar refractivity (Wildman–Crippen MR) is 139 cm³/mol. The molecular weight excluding hydrogens is 410 g/mol. The highest BCUT2D eigenvalue weighted by Crippen LogP contribution is 2.40. The van der Waals surface area contributed by atoms with Crippen LogP contribution in [0.3, 0.4) is 0 Å². The monoisotopic (exact) mass is 447 g/mol. The molecule has 0 amide bonds. The van der Waals surface area contributed by atoms with Crippen LogP contribution < -0.4 is 11.1 Å². The van der Waals surface area contributed by atoms with E-state index in [9.17, 15) is 0 Å². The first-order valence-electron chi connectivity index (χ1n) is 11.5. The summed E-state index contributed by atoms with van der Waals surface area (Å²) in [6, 6.07) is 6.47. The molecule has 3 heterocycles. The number of ether oxygens (including phenoxy) is 1. The maximum absolute atomic E-state index is 5.50. The van der Waals surface area contributed by atoms with Gasteiger partial charge in [0.05, 0.1) is 37.3 Å². The molecule has 0 atom stereocenters. The average molecular weight is 448 g/mol. The van der Waals surface area contributed by atoms with E-state index in [0.717, 1.165) is 43.1 Å². The Hall–Kier alpha value is -3.38. The lowest BCUT2D eigenvalue weighted by Crippen LogP contribution is -2.17. The number of nitrogens with two attached hydrogens (primary N) is 1. The predicted octanol–water partition coefficient (Wildman–Crippen LogP) is 5.63. The van der Waals surface area contributed by atoms with Crippen molar-refractivity contribution in [2.75, 3.05) is 11.9 Å². The normalized spacial score (nSPS) is 14.4. The number of aromatic nitrogens is 3. The standard InChI is InChI=1S/C20H23N3.C7H10N2O.2H2/c1-13(2)23-20-18-6-4-5-15(18)11-14(3)19(20)16-8-10-22-17(12-16)7-9-21;1-6-4-8-9-2-3-10-5-7(6)9;;/h7-12,23H,1,4-6,21H2,2-3H3;4H,2-3,5H2,1H3;2*1H/b9-7-;;;. The summed E-state index contributed by atoms with van der Waals surface area (Å²) in [6.45, 7) is 12.7. The van der Waals surface area contributed by atoms with Crippen LogP contribution in [0.2, 0.25) is 0 Å². The van der Waals surface area contributed by atoms with Gasteiger partial charge in [0.1, 0.15) is 0 Å². The summed E-state index contributed by atoms with van der Waals surface area (Å²) in [4.78, 5) is 4.34. The number of hydrogen-bond donors (Lipinski definition) is 2. The Morgan fingerprint density at radius 2 is 2.12 bits per heavy atom. The number of rotatable bonds is 4. The zero-order valence-corrected chi connectivity index (χ0v) is 19.8. The molecule has 1 aromatic carbocycles. The van der Waals surface area contributed by atoms with Crippen molar-refractivity contribution in [1.29, 1.82) is 0 Å². The minimum atomic E-state index is 0. The topological polar surface area (TPSA) is 78.0 Å². The maximum atomic E-state index is 5.50. The number of anilines is 1. The van der Waals surface area contributed by atoms with Crippen LogP contribution in [0, 0.1) is 13.8 Å². The van der Waals surface area contributed by atoms with E-state index in [1.165, 1.54) is 58.2 Å². The van der Waals surface area contributed by atoms with Gasteiger partial charge in [-0.15, -0.1) is 0 Å². The third kappa shape index (κ3) is 5.01. The van der Waals surface area contributed by atoms with Gasteiger partial charge in [0, 0.05) is 26.0 Å². The fraction of sp³-hybridized carbons (Fsp3) is 0.333. The molecule has 0 saturated heterocycles. The summed E-state index contributed by atoms with van der Waals surface area (Å²) in [6.07, 6.45) is 10.6. The number of fused-ring (bicyclic) bond motifs is 2. The van der Waals surface area contributed by atoms with E-state index >= 15 is 0 Å². The summed E-state index contributed by atoms with van der Waals surface area (Å²) in [5, 5.41) is 7.70. The van der Waals surface area contributed by atoms with E-state index in [-0.39, 0.29) is 2.85 Å². The number of nitrogens with zero attached hydrogens (tertiary/aromatic N) is 3. The Balaban J connectivity index is 0.000000303. The van der Waals surface area contributed by atoms with E-state index in [0.29, 0.717) is 0 Å². The van der Waals surface area contributed by atoms with Crippen LogP contribution in [0.15, 0.2) is 49.1 Å². The van der Waals surface area contributed by atoms with E-state index in [2.05, 4.69) is 54.0 Å². The number of pyridine rings is 1. The van der Waals surface area contributed by atoms with Crippen molar-refractivity contribution in [2.45, 2.75) is 53.2 Å². The summed E-state index contributed by atoms with van der Waals surface area (Å²) in [5.74, 6) is 0. The zero-order chi connectivity index (χ0) is 23.4. The molecule has 3 N–H and O–H groups in total. The quantitative estimate of drug-likeness (QED) is 0.542. The molecule has 6 heteroatoms. The summed E-state index contributed by atoms with van der Waals surface area (Å²) in [5.41, 5.74) is 17.6. The van der Waals surface area contributed by atoms with Crippen LogP contribution in [-0.2, 0) is 30.7 Å². The molecule has 0 spiro atoms. The maximum Gasteiger partial charge on any atom is 0.0888 e. The number of benzene rings is 1. The van der Waals surface area contributed by atoms with Crippen LogP contribution in [0.5, 0.6) is 0 Å². The van der Waals surface area contributed by atoms with Gasteiger partial charge in [0.25, 0.3) is 0 Å². The van der Waals surface area contributed by atoms with Crippen LogP contribution in [0.1, 0.15) is 49.8 Å². The van der Waals surface area contributed by atoms with Crippen LogP contribution in [-0.4, -0.2) is 21.4 Å². The summed E-state index contributed by atoms with van der Waals surface area (Å²) >= 11 is 0. The van der Waals surface area contributed by atoms with Crippen molar-refractivity contribution >= 4 is 11.8 Å². The van der Waals surface area contributed by atoms with Crippen molar-refractivity contribution in [3.63, 3.8) is 0 Å². The van der Waals surface area contributed by atoms with Gasteiger partial charge in [-0.1, -0.05) is 12.6 Å². The Bertz CT molecular complexity index is 1200. The van der Waals surface area contributed by atoms with Gasteiger partial charge >= 0.3 is 0 Å². The van der Waals surface area contributed by atoms with Gasteiger partial charge in [-0.2, -0.15) is 5.10 Å². The number of nitrogens with one attached hydrogen (secondary N) is 1. The molecule has 176 valence electrons. The third-order valence-corrected chi connectivity index (χ3v) is 6.12. The van der Waals surface area contributed by atoms with Crippen molar-refractivity contribution in [1.82, 2.24) is 14.8 Å². The molecule has 0 saturated carbocycles. The largest absolute Gasteiger partial charge is 0.405 e. The first-order chi connectivity index (χ1) is 16.0. The van der Waals surface area contributed by atoms with E-state index in [1.807, 2.05) is 30.1 Å². The number of allylic oxidation sites excluding steroid dienone is 1. The number of aryl methyl sites for hydroxylation is 3. The van der Waals surface area contributed by atoms with Crippen LogP contribution >= 0.6 is 0 Å². The van der Waals surface area contributed by atoms with E-state index in [1.54, 1.807) is 0 Å². The van der Waals surface area contributed by atoms with Gasteiger partial charge in [-0.05, 0) is 92.3 Å². The Morgan fingerprint density at radius 3 is 2.88 bits per heavy atom. The van der Waals surface area contributed by atoms with Crippen molar-refractivity contribution in [3.05, 3.63) is 82.7 Å². The van der Waals surface area contributed by atoms with Crippen LogP contribution in [0.4, 0.5) is 5.69 Å². The van der Waals surface area contributed by atoms with E-state index in [4.69, 9.17) is 10.5 Å². The zero-order valence-electron chi connectivity index (χ0n) is 19.8. The first-order valence-corrected chi connectivity index (χ1v) is 11.5. The van der Waals surface area contributed by atoms with Gasteiger partial charge in [0.2, 0.25) is 0 Å². The molecule has 0 radical (unpaired) electrons. The first kappa shape index (κ1) is 22.8. The SMILES string of the molecule is C=C(C)Nc1c2c(cc(C)c1-c1ccnc(/C=C\N)c1)CCC2.Cc1cnn2c1COCC2.[HH].[HH]. The summed E-state index contributed by atoms with van der Waals surface area (Å²) in [7, 11) is 0. The van der Waals surface area contributed by atoms with Crippen molar-refractivity contribution < 1.29 is 7.59 Å². The molecule has 6 nitrogen and oxygen atoms in total. The van der Waals surface area contributed by atoms with Gasteiger partial charge in [0.15, 0.2) is 0 Å². The second-order valence-corrected chi connectivity index (χ2v) is 8.72. The number of hydrogen-bond acceptors (Lipinski definition) is 5. The lowest BCUT2D eigenvalue weighted by Gasteiger charge is -2.20. The molecule has 33 heavy (non-hydrogen) atoms. The molecule has 0 bridgehead atoms. The molecule has 0 unspecified atom stereocenters. The van der Waals surface area contributed by atoms with Crippen molar-refractivity contribution in [2.24, 2.45) is 5.73 Å². The Kier molecular flexibility index (Phi) is 6.94. The highest BCUT2D eigenvalue weighted by molar-refractivity contribution is 5.85. The van der Waals surface area contributed by atoms with Gasteiger partial charge < -0.3 is 15.8 Å². The molecular formula is C27H37N5O. The highest BCUT2D eigenvalue weighted by Gasteiger charge is 2.21. The Morgan fingerprint density at radius 1 is 1.27 bits per heavy atom. The molecule has 1 aliphatic carbocycles. The molecule has 2 aliphatic rings. The third-order valence-electron chi connectivity index (χ3n) is 6.12. The fourth-order valence-electron chi connectivity index (χ4n) is 4.62. The van der Waals surface area contributed by atoms with E-state index < -0.39 is 0 Å².